The second-order valence-corrected chi connectivity index (χ2v) is 4.92. The Morgan fingerprint density at radius 2 is 1.50 bits per heavy atom. The zero-order valence-electron chi connectivity index (χ0n) is 13.1. The van der Waals surface area contributed by atoms with Crippen molar-refractivity contribution in [2.75, 3.05) is 13.1 Å². The molecule has 0 aliphatic carbocycles. The zero-order chi connectivity index (χ0) is 18.7. The summed E-state index contributed by atoms with van der Waals surface area (Å²) in [6, 6.07) is -1.32. The number of carboxylic acid groups (broad SMARTS) is 2. The minimum absolute atomic E-state index is 0.0763. The van der Waals surface area contributed by atoms with Crippen LogP contribution in [0.1, 0.15) is 26.2 Å². The van der Waals surface area contributed by atoms with Gasteiger partial charge in [-0.1, -0.05) is 0 Å². The first-order valence-electron chi connectivity index (χ1n) is 7.09. The maximum Gasteiger partial charge on any atom is 0.322 e. The Hall–Kier alpha value is -2.69. The van der Waals surface area contributed by atoms with E-state index < -0.39 is 54.9 Å². The molecule has 0 saturated heterocycles. The first-order chi connectivity index (χ1) is 11.1. The number of aliphatic hydroxyl groups is 1. The topological polar surface area (TPSA) is 182 Å². The van der Waals surface area contributed by atoms with Crippen LogP contribution in [-0.2, 0) is 24.0 Å². The molecule has 0 heterocycles. The molecule has 0 aromatic carbocycles. The van der Waals surface area contributed by atoms with Gasteiger partial charge in [-0.05, 0) is 13.3 Å². The molecule has 11 nitrogen and oxygen atoms in total. The van der Waals surface area contributed by atoms with E-state index in [2.05, 4.69) is 10.6 Å². The summed E-state index contributed by atoms with van der Waals surface area (Å²) < 4.78 is 0. The van der Waals surface area contributed by atoms with E-state index in [1.54, 1.807) is 0 Å². The Kier molecular flexibility index (Phi) is 9.71. The predicted octanol–water partition coefficient (Wildman–Crippen LogP) is -2.58. The van der Waals surface area contributed by atoms with Crippen molar-refractivity contribution in [3.63, 3.8) is 0 Å². The maximum absolute atomic E-state index is 11.9. The third kappa shape index (κ3) is 10.1. The molecule has 0 rings (SSSR count). The summed E-state index contributed by atoms with van der Waals surface area (Å²) in [4.78, 5) is 55.4. The summed E-state index contributed by atoms with van der Waals surface area (Å²) in [6.45, 7) is 0.130. The van der Waals surface area contributed by atoms with Crippen molar-refractivity contribution in [3.05, 3.63) is 0 Å². The Balaban J connectivity index is 4.36. The highest BCUT2D eigenvalue weighted by atomic mass is 16.4. The van der Waals surface area contributed by atoms with Gasteiger partial charge in [0.15, 0.2) is 0 Å². The van der Waals surface area contributed by atoms with Gasteiger partial charge in [0.05, 0.1) is 12.6 Å². The number of hydrogen-bond donors (Lipinski definition) is 6. The van der Waals surface area contributed by atoms with Crippen molar-refractivity contribution < 1.29 is 39.3 Å². The lowest BCUT2D eigenvalue weighted by molar-refractivity contribution is -0.138. The van der Waals surface area contributed by atoms with Crippen LogP contribution in [0.3, 0.4) is 0 Å². The van der Waals surface area contributed by atoms with Crippen LogP contribution in [0.15, 0.2) is 0 Å². The number of carbonyl (C=O) groups is 5. The molecule has 0 saturated carbocycles. The van der Waals surface area contributed by atoms with E-state index in [0.29, 0.717) is 0 Å². The molecule has 0 spiro atoms. The number of amides is 3. The molecule has 0 radical (unpaired) electrons. The summed E-state index contributed by atoms with van der Waals surface area (Å²) in [5.41, 5.74) is 0. The molecule has 2 atom stereocenters. The minimum Gasteiger partial charge on any atom is -0.481 e. The van der Waals surface area contributed by atoms with E-state index in [-0.39, 0.29) is 19.3 Å². The van der Waals surface area contributed by atoms with E-state index in [0.717, 1.165) is 0 Å². The van der Waals surface area contributed by atoms with Crippen LogP contribution >= 0.6 is 0 Å². The molecule has 0 unspecified atom stereocenters. The first-order valence-corrected chi connectivity index (χ1v) is 7.09. The van der Waals surface area contributed by atoms with Gasteiger partial charge in [-0.25, -0.2) is 0 Å². The van der Waals surface area contributed by atoms with Crippen LogP contribution in [0.5, 0.6) is 0 Å². The second-order valence-electron chi connectivity index (χ2n) is 4.92. The Morgan fingerprint density at radius 1 is 0.875 bits per heavy atom. The Morgan fingerprint density at radius 3 is 2.00 bits per heavy atom. The summed E-state index contributed by atoms with van der Waals surface area (Å²) in [6.07, 6.45) is -1.52. The van der Waals surface area contributed by atoms with Crippen LogP contribution < -0.4 is 16.0 Å². The summed E-state index contributed by atoms with van der Waals surface area (Å²) in [5, 5.41) is 32.8. The van der Waals surface area contributed by atoms with Crippen molar-refractivity contribution in [1.82, 2.24) is 16.0 Å². The predicted molar refractivity (Wildman–Crippen MR) is 78.8 cm³/mol. The third-order valence-corrected chi connectivity index (χ3v) is 2.74. The van der Waals surface area contributed by atoms with Crippen LogP contribution in [0.2, 0.25) is 0 Å². The van der Waals surface area contributed by atoms with Crippen LogP contribution in [0, 0.1) is 0 Å². The number of aliphatic carboxylic acids is 2. The molecule has 11 heteroatoms. The van der Waals surface area contributed by atoms with Crippen LogP contribution in [0.4, 0.5) is 0 Å². The van der Waals surface area contributed by atoms with Crippen LogP contribution in [-0.4, -0.2) is 70.2 Å². The first kappa shape index (κ1) is 21.3. The van der Waals surface area contributed by atoms with Crippen molar-refractivity contribution in [2.45, 2.75) is 38.3 Å². The van der Waals surface area contributed by atoms with Crippen molar-refractivity contribution >= 4 is 29.7 Å². The monoisotopic (exact) mass is 347 g/mol. The number of nitrogens with one attached hydrogen (secondary N) is 3. The van der Waals surface area contributed by atoms with Crippen molar-refractivity contribution in [2.24, 2.45) is 0 Å². The third-order valence-electron chi connectivity index (χ3n) is 2.74. The lowest BCUT2D eigenvalue weighted by Gasteiger charge is -2.20. The molecule has 0 fully saturated rings. The van der Waals surface area contributed by atoms with E-state index >= 15 is 0 Å². The standard InChI is InChI=1S/C13H21N3O8/c1-7(17)12(16-8(18)3-2-4-10(20)21)13(24)15-5-9(19)14-6-11(22)23/h7,12,17H,2-6H2,1H3,(H,14,19)(H,15,24)(H,16,18)(H,20,21)(H,22,23)/t7-,12+/m1/s1. The second kappa shape index (κ2) is 10.9. The number of carboxylic acids is 2. The normalized spacial score (nSPS) is 12.6. The van der Waals surface area contributed by atoms with Crippen molar-refractivity contribution in [3.8, 4) is 0 Å². The molecule has 0 aliphatic heterocycles. The molecule has 136 valence electrons. The highest BCUT2D eigenvalue weighted by molar-refractivity contribution is 5.91. The van der Waals surface area contributed by atoms with Gasteiger partial charge < -0.3 is 31.3 Å². The van der Waals surface area contributed by atoms with Gasteiger partial charge in [-0.2, -0.15) is 0 Å². The lowest BCUT2D eigenvalue weighted by Crippen LogP contribution is -2.53. The van der Waals surface area contributed by atoms with E-state index in [1.165, 1.54) is 6.92 Å². The van der Waals surface area contributed by atoms with Gasteiger partial charge in [0.1, 0.15) is 12.6 Å². The highest BCUT2D eigenvalue weighted by Crippen LogP contribution is 1.99. The molecule has 6 N–H and O–H groups in total. The zero-order valence-corrected chi connectivity index (χ0v) is 13.1. The fraction of sp³-hybridized carbons (Fsp3) is 0.615. The van der Waals surface area contributed by atoms with Gasteiger partial charge in [-0.15, -0.1) is 0 Å². The Bertz CT molecular complexity index is 492. The highest BCUT2D eigenvalue weighted by Gasteiger charge is 2.25. The minimum atomic E-state index is -1.32. The molecule has 0 aromatic heterocycles. The van der Waals surface area contributed by atoms with E-state index in [1.807, 2.05) is 5.32 Å². The average molecular weight is 347 g/mol. The summed E-state index contributed by atoms with van der Waals surface area (Å²) >= 11 is 0. The molecular formula is C13H21N3O8. The van der Waals surface area contributed by atoms with Gasteiger partial charge in [0.25, 0.3) is 0 Å². The number of carbonyl (C=O) groups excluding carboxylic acids is 3. The number of hydrogen-bond acceptors (Lipinski definition) is 6. The molecule has 3 amide bonds. The van der Waals surface area contributed by atoms with Gasteiger partial charge in [0.2, 0.25) is 17.7 Å². The van der Waals surface area contributed by atoms with E-state index in [4.69, 9.17) is 10.2 Å². The fourth-order valence-corrected chi connectivity index (χ4v) is 1.57. The quantitative estimate of drug-likeness (QED) is 0.235. The summed E-state index contributed by atoms with van der Waals surface area (Å²) in [5.74, 6) is -4.50. The maximum atomic E-state index is 11.9. The van der Waals surface area contributed by atoms with E-state index in [9.17, 15) is 29.1 Å². The van der Waals surface area contributed by atoms with Gasteiger partial charge >= 0.3 is 11.9 Å². The van der Waals surface area contributed by atoms with Gasteiger partial charge in [0, 0.05) is 12.8 Å². The Labute approximate surface area is 137 Å². The van der Waals surface area contributed by atoms with Crippen molar-refractivity contribution in [1.29, 1.82) is 0 Å². The number of rotatable bonds is 11. The SMILES string of the molecule is C[C@@H](O)[C@H](NC(=O)CCCC(=O)O)C(=O)NCC(=O)NCC(=O)O. The molecule has 0 bridgehead atoms. The van der Waals surface area contributed by atoms with Crippen LogP contribution in [0.25, 0.3) is 0 Å². The molecular weight excluding hydrogens is 326 g/mol. The smallest absolute Gasteiger partial charge is 0.322 e. The molecule has 24 heavy (non-hydrogen) atoms. The lowest BCUT2D eigenvalue weighted by atomic mass is 10.1. The largest absolute Gasteiger partial charge is 0.481 e. The molecule has 0 aliphatic rings. The molecule has 0 aromatic rings. The number of aliphatic hydroxyl groups excluding tert-OH is 1. The fourth-order valence-electron chi connectivity index (χ4n) is 1.57. The van der Waals surface area contributed by atoms with Gasteiger partial charge in [-0.3, -0.25) is 24.0 Å². The summed E-state index contributed by atoms with van der Waals surface area (Å²) in [7, 11) is 0. The average Bonchev–Trinajstić information content (AvgIpc) is 2.47.